The maximum Gasteiger partial charge on any atom is 0.243 e. The van der Waals surface area contributed by atoms with Crippen LogP contribution >= 0.6 is 0 Å². The van der Waals surface area contributed by atoms with Gasteiger partial charge in [-0.25, -0.2) is 9.67 Å². The predicted molar refractivity (Wildman–Crippen MR) is 103 cm³/mol. The molecule has 4 aromatic rings. The van der Waals surface area contributed by atoms with Crippen LogP contribution in [0.3, 0.4) is 0 Å². The number of anilines is 1. The first-order valence-electron chi connectivity index (χ1n) is 8.34. The fourth-order valence-electron chi connectivity index (χ4n) is 2.99. The van der Waals surface area contributed by atoms with Gasteiger partial charge in [-0.05, 0) is 23.8 Å². The number of carbonyl (C=O) groups is 1. The quantitative estimate of drug-likeness (QED) is 0.613. The van der Waals surface area contributed by atoms with E-state index in [4.69, 9.17) is 0 Å². The van der Waals surface area contributed by atoms with Gasteiger partial charge in [0.2, 0.25) is 5.91 Å². The van der Waals surface area contributed by atoms with Crippen molar-refractivity contribution in [1.82, 2.24) is 19.7 Å². The molecule has 6 nitrogen and oxygen atoms in total. The van der Waals surface area contributed by atoms with E-state index in [2.05, 4.69) is 50.3 Å². The van der Waals surface area contributed by atoms with Crippen molar-refractivity contribution in [2.24, 2.45) is 0 Å². The molecular formula is C20H19N5O. The fourth-order valence-corrected chi connectivity index (χ4v) is 2.99. The van der Waals surface area contributed by atoms with Crippen LogP contribution in [0.15, 0.2) is 55.1 Å². The lowest BCUT2D eigenvalue weighted by atomic mass is 10.0. The van der Waals surface area contributed by atoms with Gasteiger partial charge in [-0.2, -0.15) is 5.10 Å². The van der Waals surface area contributed by atoms with Crippen molar-refractivity contribution in [2.75, 3.05) is 19.0 Å². The predicted octanol–water partition coefficient (Wildman–Crippen LogP) is 3.82. The molecule has 0 atom stereocenters. The Balaban J connectivity index is 1.77. The highest BCUT2D eigenvalue weighted by molar-refractivity contribution is 5.96. The molecule has 0 saturated heterocycles. The summed E-state index contributed by atoms with van der Waals surface area (Å²) in [7, 11) is 4.05. The summed E-state index contributed by atoms with van der Waals surface area (Å²) in [6.07, 6.45) is 7.20. The van der Waals surface area contributed by atoms with Crippen molar-refractivity contribution in [2.45, 2.75) is 6.92 Å². The van der Waals surface area contributed by atoms with Crippen LogP contribution in [-0.2, 0) is 0 Å². The average Bonchev–Trinajstić information content (AvgIpc) is 3.28. The summed E-state index contributed by atoms with van der Waals surface area (Å²) < 4.78 is 1.34. The molecular weight excluding hydrogens is 326 g/mol. The van der Waals surface area contributed by atoms with Gasteiger partial charge in [-0.3, -0.25) is 4.79 Å². The number of hydrogen-bond donors (Lipinski definition) is 1. The fraction of sp³-hybridized carbons (Fsp3) is 0.150. The minimum atomic E-state index is -0.115. The first-order chi connectivity index (χ1) is 12.5. The Hall–Kier alpha value is -3.41. The molecule has 0 radical (unpaired) electrons. The van der Waals surface area contributed by atoms with E-state index in [-0.39, 0.29) is 5.91 Å². The van der Waals surface area contributed by atoms with E-state index in [1.54, 1.807) is 12.4 Å². The number of nitrogens with zero attached hydrogens (tertiary/aromatic N) is 4. The molecule has 0 fully saturated rings. The Morgan fingerprint density at radius 1 is 1.08 bits per heavy atom. The third-order valence-corrected chi connectivity index (χ3v) is 4.46. The third-order valence-electron chi connectivity index (χ3n) is 4.46. The Bertz CT molecular complexity index is 1090. The lowest BCUT2D eigenvalue weighted by Gasteiger charge is -2.12. The van der Waals surface area contributed by atoms with Crippen LogP contribution in [0.4, 0.5) is 5.69 Å². The zero-order chi connectivity index (χ0) is 18.3. The summed E-state index contributed by atoms with van der Waals surface area (Å²) in [5.41, 5.74) is 5.98. The highest BCUT2D eigenvalue weighted by atomic mass is 16.2. The van der Waals surface area contributed by atoms with Crippen molar-refractivity contribution < 1.29 is 4.79 Å². The van der Waals surface area contributed by atoms with Crippen molar-refractivity contribution >= 4 is 22.6 Å². The van der Waals surface area contributed by atoms with E-state index in [1.807, 2.05) is 26.5 Å². The Labute approximate surface area is 151 Å². The summed E-state index contributed by atoms with van der Waals surface area (Å²) in [5.74, 6) is -0.115. The number of aromatic nitrogens is 4. The number of benzene rings is 1. The summed E-state index contributed by atoms with van der Waals surface area (Å²) in [6, 6.07) is 10.5. The number of rotatable bonds is 3. The smallest absolute Gasteiger partial charge is 0.243 e. The lowest BCUT2D eigenvalue weighted by molar-refractivity contribution is 0.0921. The van der Waals surface area contributed by atoms with E-state index in [0.29, 0.717) is 0 Å². The number of pyridine rings is 1. The summed E-state index contributed by atoms with van der Waals surface area (Å²) in [4.78, 5) is 21.3. The zero-order valence-corrected chi connectivity index (χ0v) is 14.9. The van der Waals surface area contributed by atoms with Crippen molar-refractivity contribution in [3.8, 4) is 22.3 Å². The second kappa shape index (κ2) is 6.15. The van der Waals surface area contributed by atoms with Crippen LogP contribution in [0, 0.1) is 0 Å². The summed E-state index contributed by atoms with van der Waals surface area (Å²) in [5, 5.41) is 5.12. The van der Waals surface area contributed by atoms with E-state index in [0.717, 1.165) is 39.0 Å². The maximum atomic E-state index is 11.5. The highest BCUT2D eigenvalue weighted by Gasteiger charge is 2.12. The standard InChI is InChI=1S/C20H19N5O/c1-13(26)25-12-16(10-23-25)19-11-22-20-18(19)8-15(9-21-20)14-4-6-17(7-5-14)24(2)3/h4-12H,1-3H3,(H,21,22). The van der Waals surface area contributed by atoms with E-state index >= 15 is 0 Å². The van der Waals surface area contributed by atoms with Crippen LogP contribution in [0.2, 0.25) is 0 Å². The molecule has 0 unspecified atom stereocenters. The van der Waals surface area contributed by atoms with Gasteiger partial charge in [-0.1, -0.05) is 12.1 Å². The molecule has 1 N–H and O–H groups in total. The van der Waals surface area contributed by atoms with E-state index < -0.39 is 0 Å². The van der Waals surface area contributed by atoms with Crippen LogP contribution < -0.4 is 4.90 Å². The largest absolute Gasteiger partial charge is 0.378 e. The number of carbonyl (C=O) groups excluding carboxylic acids is 1. The van der Waals surface area contributed by atoms with Crippen LogP contribution in [-0.4, -0.2) is 39.8 Å². The maximum absolute atomic E-state index is 11.5. The lowest BCUT2D eigenvalue weighted by Crippen LogP contribution is -2.07. The van der Waals surface area contributed by atoms with Gasteiger partial charge in [0.1, 0.15) is 5.65 Å². The highest BCUT2D eigenvalue weighted by Crippen LogP contribution is 2.31. The molecule has 1 aromatic carbocycles. The summed E-state index contributed by atoms with van der Waals surface area (Å²) in [6.45, 7) is 1.49. The molecule has 0 saturated carbocycles. The van der Waals surface area contributed by atoms with Gasteiger partial charge in [0.15, 0.2) is 0 Å². The molecule has 3 heterocycles. The first-order valence-corrected chi connectivity index (χ1v) is 8.34. The topological polar surface area (TPSA) is 66.8 Å². The SMILES string of the molecule is CC(=O)n1cc(-c2c[nH]c3ncc(-c4ccc(N(C)C)cc4)cc23)cn1. The van der Waals surface area contributed by atoms with Gasteiger partial charge < -0.3 is 9.88 Å². The minimum Gasteiger partial charge on any atom is -0.378 e. The van der Waals surface area contributed by atoms with E-state index in [1.165, 1.54) is 11.6 Å². The van der Waals surface area contributed by atoms with Crippen LogP contribution in [0.25, 0.3) is 33.3 Å². The van der Waals surface area contributed by atoms with Gasteiger partial charge >= 0.3 is 0 Å². The normalized spacial score (nSPS) is 11.0. The molecule has 0 aliphatic heterocycles. The molecule has 0 spiro atoms. The second-order valence-corrected chi connectivity index (χ2v) is 6.46. The molecule has 0 aliphatic rings. The van der Waals surface area contributed by atoms with Crippen molar-refractivity contribution in [3.63, 3.8) is 0 Å². The van der Waals surface area contributed by atoms with Gasteiger partial charge in [0.25, 0.3) is 0 Å². The third kappa shape index (κ3) is 2.75. The Morgan fingerprint density at radius 2 is 1.85 bits per heavy atom. The monoisotopic (exact) mass is 345 g/mol. The molecule has 130 valence electrons. The molecule has 3 aromatic heterocycles. The number of aromatic amines is 1. The molecule has 0 aliphatic carbocycles. The Morgan fingerprint density at radius 3 is 2.50 bits per heavy atom. The molecule has 4 rings (SSSR count). The average molecular weight is 345 g/mol. The number of H-pyrrole nitrogens is 1. The van der Waals surface area contributed by atoms with Gasteiger partial charge in [0, 0.05) is 67.4 Å². The minimum absolute atomic E-state index is 0.115. The number of fused-ring (bicyclic) bond motifs is 1. The van der Waals surface area contributed by atoms with Crippen LogP contribution in [0.1, 0.15) is 11.7 Å². The zero-order valence-electron chi connectivity index (χ0n) is 14.9. The number of hydrogen-bond acceptors (Lipinski definition) is 4. The van der Waals surface area contributed by atoms with Gasteiger partial charge in [-0.15, -0.1) is 0 Å². The van der Waals surface area contributed by atoms with Crippen molar-refractivity contribution in [1.29, 1.82) is 0 Å². The second-order valence-electron chi connectivity index (χ2n) is 6.46. The van der Waals surface area contributed by atoms with E-state index in [9.17, 15) is 4.79 Å². The molecule has 0 amide bonds. The summed E-state index contributed by atoms with van der Waals surface area (Å²) >= 11 is 0. The van der Waals surface area contributed by atoms with Crippen LogP contribution in [0.5, 0.6) is 0 Å². The first kappa shape index (κ1) is 16.1. The molecule has 6 heteroatoms. The number of nitrogens with one attached hydrogen (secondary N) is 1. The Kier molecular flexibility index (Phi) is 3.80. The van der Waals surface area contributed by atoms with Crippen molar-refractivity contribution in [3.05, 3.63) is 55.1 Å². The molecule has 0 bridgehead atoms. The molecule has 26 heavy (non-hydrogen) atoms. The van der Waals surface area contributed by atoms with Gasteiger partial charge in [0.05, 0.1) is 6.20 Å².